The third kappa shape index (κ3) is 4.68. The fourth-order valence-electron chi connectivity index (χ4n) is 1.60. The van der Waals surface area contributed by atoms with Gasteiger partial charge < -0.3 is 14.6 Å². The van der Waals surface area contributed by atoms with Crippen molar-refractivity contribution < 1.29 is 19.4 Å². The van der Waals surface area contributed by atoms with Crippen LogP contribution in [0.2, 0.25) is 0 Å². The molecular weight excluding hydrogens is 220 g/mol. The molecule has 0 aliphatic carbocycles. The van der Waals surface area contributed by atoms with Gasteiger partial charge in [-0.05, 0) is 18.9 Å². The highest BCUT2D eigenvalue weighted by atomic mass is 16.5. The zero-order valence-corrected chi connectivity index (χ0v) is 9.72. The summed E-state index contributed by atoms with van der Waals surface area (Å²) in [7, 11) is 0. The van der Waals surface area contributed by atoms with E-state index in [-0.39, 0.29) is 13.0 Å². The Labute approximate surface area is 100 Å². The second-order valence-electron chi connectivity index (χ2n) is 3.71. The van der Waals surface area contributed by atoms with E-state index in [2.05, 4.69) is 0 Å². The number of ether oxygens (including phenoxy) is 1. The number of carbonyl (C=O) groups excluding carboxylic acids is 2. The van der Waals surface area contributed by atoms with Gasteiger partial charge in [-0.25, -0.2) is 0 Å². The predicted molar refractivity (Wildman–Crippen MR) is 59.9 cm³/mol. The minimum atomic E-state index is -1.24. The van der Waals surface area contributed by atoms with Gasteiger partial charge in [-0.2, -0.15) is 0 Å². The Bertz CT molecular complexity index is 372. The number of carboxylic acid groups (broad SMARTS) is 1. The number of carboxylic acids is 1. The molecule has 17 heavy (non-hydrogen) atoms. The molecule has 92 valence electrons. The van der Waals surface area contributed by atoms with Crippen LogP contribution in [-0.4, -0.2) is 18.5 Å². The predicted octanol–water partition coefficient (Wildman–Crippen LogP) is 0.548. The van der Waals surface area contributed by atoms with Crippen LogP contribution in [0.1, 0.15) is 18.9 Å². The smallest absolute Gasteiger partial charge is 0.309 e. The maximum Gasteiger partial charge on any atom is 0.309 e. The third-order valence-electron chi connectivity index (χ3n) is 2.36. The topological polar surface area (TPSA) is 66.4 Å². The molecule has 0 amide bonds. The minimum Gasteiger partial charge on any atom is -0.550 e. The van der Waals surface area contributed by atoms with Gasteiger partial charge in [0.15, 0.2) is 0 Å². The van der Waals surface area contributed by atoms with Crippen molar-refractivity contribution >= 4 is 11.9 Å². The van der Waals surface area contributed by atoms with Crippen LogP contribution in [0, 0.1) is 5.92 Å². The molecule has 1 aromatic rings. The average Bonchev–Trinajstić information content (AvgIpc) is 2.29. The molecule has 0 aromatic heterocycles. The standard InChI is InChI=1S/C13H16O4/c1-2-17-13(16)11(9-12(14)15)8-10-6-4-3-5-7-10/h3-7,11H,2,8-9H2,1H3,(H,14,15)/p-1. The summed E-state index contributed by atoms with van der Waals surface area (Å²) in [5.74, 6) is -2.40. The number of hydrogen-bond donors (Lipinski definition) is 0. The quantitative estimate of drug-likeness (QED) is 0.675. The Morgan fingerprint density at radius 2 is 1.94 bits per heavy atom. The summed E-state index contributed by atoms with van der Waals surface area (Å²) >= 11 is 0. The molecule has 0 heterocycles. The molecule has 4 nitrogen and oxygen atoms in total. The first-order valence-electron chi connectivity index (χ1n) is 5.54. The van der Waals surface area contributed by atoms with Crippen LogP contribution in [0.5, 0.6) is 0 Å². The maximum atomic E-state index is 11.6. The fraction of sp³-hybridized carbons (Fsp3) is 0.385. The van der Waals surface area contributed by atoms with Crippen molar-refractivity contribution in [3.63, 3.8) is 0 Å². The van der Waals surface area contributed by atoms with E-state index in [0.717, 1.165) is 5.56 Å². The molecule has 0 aliphatic heterocycles. The van der Waals surface area contributed by atoms with E-state index in [1.165, 1.54) is 0 Å². The lowest BCUT2D eigenvalue weighted by Crippen LogP contribution is -2.30. The van der Waals surface area contributed by atoms with E-state index in [9.17, 15) is 14.7 Å². The van der Waals surface area contributed by atoms with Crippen molar-refractivity contribution in [2.45, 2.75) is 19.8 Å². The summed E-state index contributed by atoms with van der Waals surface area (Å²) in [6, 6.07) is 9.25. The molecule has 1 atom stereocenters. The van der Waals surface area contributed by atoms with E-state index >= 15 is 0 Å². The van der Waals surface area contributed by atoms with Gasteiger partial charge in [-0.1, -0.05) is 30.3 Å². The summed E-state index contributed by atoms with van der Waals surface area (Å²) in [6.07, 6.45) is 0.0430. The normalized spacial score (nSPS) is 11.8. The molecule has 1 unspecified atom stereocenters. The van der Waals surface area contributed by atoms with Crippen LogP contribution in [0.3, 0.4) is 0 Å². The molecule has 1 aromatic carbocycles. The summed E-state index contributed by atoms with van der Waals surface area (Å²) in [5, 5.41) is 10.6. The van der Waals surface area contributed by atoms with Crippen molar-refractivity contribution in [1.29, 1.82) is 0 Å². The van der Waals surface area contributed by atoms with Crippen LogP contribution >= 0.6 is 0 Å². The maximum absolute atomic E-state index is 11.6. The molecule has 1 rings (SSSR count). The van der Waals surface area contributed by atoms with Gasteiger partial charge in [0.2, 0.25) is 0 Å². The molecule has 0 saturated heterocycles. The van der Waals surface area contributed by atoms with Crippen molar-refractivity contribution in [2.24, 2.45) is 5.92 Å². The van der Waals surface area contributed by atoms with Crippen LogP contribution in [0.4, 0.5) is 0 Å². The first-order chi connectivity index (χ1) is 8.13. The van der Waals surface area contributed by atoms with Crippen LogP contribution in [-0.2, 0) is 20.7 Å². The van der Waals surface area contributed by atoms with E-state index in [0.29, 0.717) is 6.42 Å². The van der Waals surface area contributed by atoms with E-state index < -0.39 is 17.9 Å². The highest BCUT2D eigenvalue weighted by Gasteiger charge is 2.20. The van der Waals surface area contributed by atoms with Gasteiger partial charge in [-0.3, -0.25) is 4.79 Å². The van der Waals surface area contributed by atoms with Gasteiger partial charge in [0, 0.05) is 12.4 Å². The number of aliphatic carboxylic acids is 1. The summed E-state index contributed by atoms with van der Waals surface area (Å²) in [4.78, 5) is 22.2. The van der Waals surface area contributed by atoms with Gasteiger partial charge >= 0.3 is 5.97 Å². The molecule has 0 radical (unpaired) electrons. The second kappa shape index (κ2) is 6.68. The van der Waals surface area contributed by atoms with Gasteiger partial charge in [0.25, 0.3) is 0 Å². The molecule has 4 heteroatoms. The van der Waals surface area contributed by atoms with Crippen LogP contribution in [0.25, 0.3) is 0 Å². The van der Waals surface area contributed by atoms with E-state index in [1.807, 2.05) is 30.3 Å². The number of esters is 1. The third-order valence-corrected chi connectivity index (χ3v) is 2.36. The zero-order chi connectivity index (χ0) is 12.7. The Morgan fingerprint density at radius 1 is 1.29 bits per heavy atom. The molecule has 0 aliphatic rings. The Kier molecular flexibility index (Phi) is 5.20. The van der Waals surface area contributed by atoms with Crippen molar-refractivity contribution in [1.82, 2.24) is 0 Å². The number of rotatable bonds is 6. The highest BCUT2D eigenvalue weighted by Crippen LogP contribution is 2.13. The molecule has 0 bridgehead atoms. The number of hydrogen-bond acceptors (Lipinski definition) is 4. The number of carbonyl (C=O) groups is 2. The second-order valence-corrected chi connectivity index (χ2v) is 3.71. The van der Waals surface area contributed by atoms with Crippen LogP contribution in [0.15, 0.2) is 30.3 Å². The zero-order valence-electron chi connectivity index (χ0n) is 9.72. The minimum absolute atomic E-state index is 0.247. The van der Waals surface area contributed by atoms with Crippen molar-refractivity contribution in [3.8, 4) is 0 Å². The lowest BCUT2D eigenvalue weighted by molar-refractivity contribution is -0.306. The first-order valence-corrected chi connectivity index (χ1v) is 5.54. The molecule has 0 saturated carbocycles. The monoisotopic (exact) mass is 235 g/mol. The highest BCUT2D eigenvalue weighted by molar-refractivity contribution is 5.78. The average molecular weight is 235 g/mol. The van der Waals surface area contributed by atoms with Crippen molar-refractivity contribution in [3.05, 3.63) is 35.9 Å². The molecule has 0 N–H and O–H groups in total. The number of benzene rings is 1. The van der Waals surface area contributed by atoms with Gasteiger partial charge in [0.1, 0.15) is 0 Å². The van der Waals surface area contributed by atoms with Crippen molar-refractivity contribution in [2.75, 3.05) is 6.61 Å². The summed E-state index contributed by atoms with van der Waals surface area (Å²) in [5.41, 5.74) is 0.909. The van der Waals surface area contributed by atoms with E-state index in [4.69, 9.17) is 4.74 Å². The Balaban J connectivity index is 2.70. The lowest BCUT2D eigenvalue weighted by atomic mass is 9.96. The largest absolute Gasteiger partial charge is 0.550 e. The summed E-state index contributed by atoms with van der Waals surface area (Å²) < 4.78 is 4.85. The van der Waals surface area contributed by atoms with Gasteiger partial charge in [-0.15, -0.1) is 0 Å². The SMILES string of the molecule is CCOC(=O)C(CC(=O)[O-])Cc1ccccc1. The lowest BCUT2D eigenvalue weighted by Gasteiger charge is -2.15. The molecular formula is C13H15O4-. The van der Waals surface area contributed by atoms with Gasteiger partial charge in [0.05, 0.1) is 12.5 Å². The first kappa shape index (κ1) is 13.2. The summed E-state index contributed by atoms with van der Waals surface area (Å²) in [6.45, 7) is 1.94. The van der Waals surface area contributed by atoms with E-state index in [1.54, 1.807) is 6.92 Å². The van der Waals surface area contributed by atoms with Crippen LogP contribution < -0.4 is 5.11 Å². The Hall–Kier alpha value is -1.84. The fourth-order valence-corrected chi connectivity index (χ4v) is 1.60. The molecule has 0 fully saturated rings. The Morgan fingerprint density at radius 3 is 2.47 bits per heavy atom. The molecule has 0 spiro atoms.